The van der Waals surface area contributed by atoms with E-state index in [-0.39, 0.29) is 34.5 Å². The van der Waals surface area contributed by atoms with Crippen molar-refractivity contribution in [2.45, 2.75) is 12.7 Å². The van der Waals surface area contributed by atoms with Gasteiger partial charge in [-0.25, -0.2) is 14.4 Å². The topological polar surface area (TPSA) is 76.7 Å². The highest BCUT2D eigenvalue weighted by Crippen LogP contribution is 2.29. The molecule has 130 valence electrons. The van der Waals surface area contributed by atoms with Crippen molar-refractivity contribution in [3.8, 4) is 11.4 Å². The monoisotopic (exact) mass is 373 g/mol. The lowest BCUT2D eigenvalue weighted by Crippen LogP contribution is -2.06. The van der Waals surface area contributed by atoms with Crippen LogP contribution in [0.25, 0.3) is 11.4 Å². The average Bonchev–Trinajstić information content (AvgIpc) is 3.05. The van der Waals surface area contributed by atoms with Gasteiger partial charge in [0.25, 0.3) is 0 Å². The predicted octanol–water partition coefficient (Wildman–Crippen LogP) is 3.95. The van der Waals surface area contributed by atoms with E-state index in [4.69, 9.17) is 11.6 Å². The van der Waals surface area contributed by atoms with E-state index < -0.39 is 17.9 Å². The molecule has 11 heteroatoms. The molecule has 25 heavy (non-hydrogen) atoms. The van der Waals surface area contributed by atoms with E-state index in [2.05, 4.69) is 29.9 Å². The molecular formula is C14H8ClF4N5O. The number of nitrogens with zero attached hydrogens (tertiary/aromatic N) is 4. The molecule has 0 aliphatic heterocycles. The molecule has 2 aromatic heterocycles. The summed E-state index contributed by atoms with van der Waals surface area (Å²) >= 11 is 5.90. The number of anilines is 1. The fourth-order valence-corrected chi connectivity index (χ4v) is 2.09. The molecule has 0 atom stereocenters. The third kappa shape index (κ3) is 3.85. The Morgan fingerprint density at radius 1 is 1.16 bits per heavy atom. The Morgan fingerprint density at radius 3 is 2.48 bits per heavy atom. The van der Waals surface area contributed by atoms with Gasteiger partial charge < -0.3 is 9.84 Å². The van der Waals surface area contributed by atoms with Crippen LogP contribution in [0.5, 0.6) is 0 Å². The summed E-state index contributed by atoms with van der Waals surface area (Å²) in [5.41, 5.74) is 0.374. The van der Waals surface area contributed by atoms with Crippen LogP contribution in [-0.2, 0) is 12.7 Å². The largest absolute Gasteiger partial charge is 0.471 e. The van der Waals surface area contributed by atoms with E-state index in [1.54, 1.807) is 6.07 Å². The molecule has 0 bridgehead atoms. The van der Waals surface area contributed by atoms with Crippen LogP contribution in [0.4, 0.5) is 23.5 Å². The molecule has 0 aliphatic carbocycles. The second-order valence-corrected chi connectivity index (χ2v) is 5.18. The highest BCUT2D eigenvalue weighted by atomic mass is 35.5. The lowest BCUT2D eigenvalue weighted by atomic mass is 10.2. The normalized spacial score (nSPS) is 11.6. The SMILES string of the molecule is Fc1cccc(Cl)c1CNc1ncc(-c2noc(C(F)(F)F)n2)cn1. The molecule has 0 aliphatic rings. The maximum atomic E-state index is 13.7. The van der Waals surface area contributed by atoms with Gasteiger partial charge in [0.05, 0.1) is 5.56 Å². The maximum absolute atomic E-state index is 13.7. The van der Waals surface area contributed by atoms with Crippen LogP contribution in [0.3, 0.4) is 0 Å². The van der Waals surface area contributed by atoms with E-state index in [1.807, 2.05) is 0 Å². The summed E-state index contributed by atoms with van der Waals surface area (Å²) < 4.78 is 55.1. The predicted molar refractivity (Wildman–Crippen MR) is 79.1 cm³/mol. The van der Waals surface area contributed by atoms with Crippen LogP contribution >= 0.6 is 11.6 Å². The van der Waals surface area contributed by atoms with E-state index in [0.717, 1.165) is 0 Å². The molecule has 1 N–H and O–H groups in total. The molecule has 0 saturated heterocycles. The first-order valence-corrected chi connectivity index (χ1v) is 7.12. The van der Waals surface area contributed by atoms with Crippen LogP contribution in [0.1, 0.15) is 11.5 Å². The molecule has 0 radical (unpaired) electrons. The Bertz CT molecular complexity index is 861. The number of aromatic nitrogens is 4. The number of benzene rings is 1. The van der Waals surface area contributed by atoms with Gasteiger partial charge in [-0.1, -0.05) is 22.8 Å². The number of hydrogen-bond acceptors (Lipinski definition) is 6. The van der Waals surface area contributed by atoms with Crippen LogP contribution < -0.4 is 5.32 Å². The third-order valence-corrected chi connectivity index (χ3v) is 3.42. The Kier molecular flexibility index (Phi) is 4.53. The molecule has 1 aromatic carbocycles. The first kappa shape index (κ1) is 17.1. The zero-order valence-corrected chi connectivity index (χ0v) is 12.9. The number of nitrogens with one attached hydrogen (secondary N) is 1. The van der Waals surface area contributed by atoms with Crippen LogP contribution in [-0.4, -0.2) is 20.1 Å². The van der Waals surface area contributed by atoms with Gasteiger partial charge in [0, 0.05) is 29.5 Å². The molecule has 0 unspecified atom stereocenters. The maximum Gasteiger partial charge on any atom is 0.471 e. The minimum absolute atomic E-state index is 0.0330. The Hall–Kier alpha value is -2.75. The van der Waals surface area contributed by atoms with E-state index in [1.165, 1.54) is 24.5 Å². The molecule has 0 amide bonds. The van der Waals surface area contributed by atoms with Gasteiger partial charge in [-0.2, -0.15) is 18.2 Å². The summed E-state index contributed by atoms with van der Waals surface area (Å²) in [6, 6.07) is 4.29. The van der Waals surface area contributed by atoms with Gasteiger partial charge in [0.15, 0.2) is 0 Å². The van der Waals surface area contributed by atoms with Crippen molar-refractivity contribution in [2.24, 2.45) is 0 Å². The summed E-state index contributed by atoms with van der Waals surface area (Å²) in [6.07, 6.45) is -2.31. The molecular weight excluding hydrogens is 366 g/mol. The minimum atomic E-state index is -4.73. The number of halogens is 5. The zero-order chi connectivity index (χ0) is 18.0. The van der Waals surface area contributed by atoms with E-state index in [0.29, 0.717) is 0 Å². The smallest absolute Gasteiger partial charge is 0.350 e. The van der Waals surface area contributed by atoms with Crippen molar-refractivity contribution < 1.29 is 22.1 Å². The Morgan fingerprint density at radius 2 is 1.88 bits per heavy atom. The molecule has 6 nitrogen and oxygen atoms in total. The first-order chi connectivity index (χ1) is 11.8. The summed E-state index contributed by atoms with van der Waals surface area (Å²) in [7, 11) is 0. The van der Waals surface area contributed by atoms with Gasteiger partial charge >= 0.3 is 12.1 Å². The minimum Gasteiger partial charge on any atom is -0.350 e. The van der Waals surface area contributed by atoms with Gasteiger partial charge in [-0.15, -0.1) is 0 Å². The summed E-state index contributed by atoms with van der Waals surface area (Å²) in [4.78, 5) is 11.0. The standard InChI is InChI=1S/C14H8ClF4N5O/c15-9-2-1-3-10(16)8(9)6-22-13-20-4-7(5-21-13)11-23-12(25-24-11)14(17,18)19/h1-5H,6H2,(H,20,21,22). The Balaban J connectivity index is 1.71. The van der Waals surface area contributed by atoms with Crippen LogP contribution in [0.2, 0.25) is 5.02 Å². The lowest BCUT2D eigenvalue weighted by Gasteiger charge is -2.07. The first-order valence-electron chi connectivity index (χ1n) is 6.74. The molecule has 2 heterocycles. The third-order valence-electron chi connectivity index (χ3n) is 3.06. The second-order valence-electron chi connectivity index (χ2n) is 4.77. The number of hydrogen-bond donors (Lipinski definition) is 1. The highest BCUT2D eigenvalue weighted by Gasteiger charge is 2.38. The van der Waals surface area contributed by atoms with Crippen molar-refractivity contribution in [3.05, 3.63) is 52.9 Å². The lowest BCUT2D eigenvalue weighted by molar-refractivity contribution is -0.159. The molecule has 0 fully saturated rings. The fraction of sp³-hybridized carbons (Fsp3) is 0.143. The van der Waals surface area contributed by atoms with Crippen LogP contribution in [0.15, 0.2) is 35.1 Å². The zero-order valence-electron chi connectivity index (χ0n) is 12.2. The highest BCUT2D eigenvalue weighted by molar-refractivity contribution is 6.31. The van der Waals surface area contributed by atoms with Gasteiger partial charge in [0.1, 0.15) is 5.82 Å². The van der Waals surface area contributed by atoms with Crippen molar-refractivity contribution in [1.29, 1.82) is 0 Å². The quantitative estimate of drug-likeness (QED) is 0.698. The average molecular weight is 374 g/mol. The van der Waals surface area contributed by atoms with Crippen molar-refractivity contribution >= 4 is 17.5 Å². The van der Waals surface area contributed by atoms with Gasteiger partial charge in [-0.3, -0.25) is 0 Å². The van der Waals surface area contributed by atoms with Crippen molar-refractivity contribution in [3.63, 3.8) is 0 Å². The second kappa shape index (κ2) is 6.63. The van der Waals surface area contributed by atoms with Gasteiger partial charge in [0.2, 0.25) is 11.8 Å². The summed E-state index contributed by atoms with van der Waals surface area (Å²) in [6.45, 7) is 0.0330. The van der Waals surface area contributed by atoms with E-state index >= 15 is 0 Å². The molecule has 3 aromatic rings. The number of alkyl halides is 3. The Labute approximate surface area is 142 Å². The van der Waals surface area contributed by atoms with Crippen molar-refractivity contribution in [2.75, 3.05) is 5.32 Å². The molecule has 3 rings (SSSR count). The van der Waals surface area contributed by atoms with Crippen LogP contribution in [0, 0.1) is 5.82 Å². The molecule has 0 saturated carbocycles. The number of rotatable bonds is 4. The molecule has 0 spiro atoms. The van der Waals surface area contributed by atoms with E-state index in [9.17, 15) is 17.6 Å². The van der Waals surface area contributed by atoms with Gasteiger partial charge in [-0.05, 0) is 12.1 Å². The summed E-state index contributed by atoms with van der Waals surface area (Å²) in [5, 5.41) is 6.23. The fourth-order valence-electron chi connectivity index (χ4n) is 1.86. The van der Waals surface area contributed by atoms with Crippen molar-refractivity contribution in [1.82, 2.24) is 20.1 Å². The summed E-state index contributed by atoms with van der Waals surface area (Å²) in [5.74, 6) is -2.11.